The van der Waals surface area contributed by atoms with Gasteiger partial charge in [-0.25, -0.2) is 0 Å². The summed E-state index contributed by atoms with van der Waals surface area (Å²) in [6, 6.07) is 66.8. The lowest BCUT2D eigenvalue weighted by Gasteiger charge is -2.26. The molecule has 0 radical (unpaired) electrons. The van der Waals surface area contributed by atoms with Crippen LogP contribution in [0, 0.1) is 0 Å². The SMILES string of the molecule is c1ccc2c(c1)ccc1ccc(N(c3ccc(-c4cccc5c4oc4ccccc45)cc3)c3ccc(-c4cccc5c4oc4ccccc45)cc3)cc12. The highest BCUT2D eigenvalue weighted by molar-refractivity contribution is 6.11. The summed E-state index contributed by atoms with van der Waals surface area (Å²) in [4.78, 5) is 2.35. The maximum absolute atomic E-state index is 6.40. The van der Waals surface area contributed by atoms with E-state index in [-0.39, 0.29) is 0 Å². The summed E-state index contributed by atoms with van der Waals surface area (Å²) in [5.41, 5.74) is 11.2. The lowest BCUT2D eigenvalue weighted by Crippen LogP contribution is -2.09. The van der Waals surface area contributed by atoms with Gasteiger partial charge in [0, 0.05) is 49.7 Å². The van der Waals surface area contributed by atoms with E-state index < -0.39 is 0 Å². The zero-order valence-electron chi connectivity index (χ0n) is 28.7. The van der Waals surface area contributed by atoms with Gasteiger partial charge in [0.2, 0.25) is 0 Å². The van der Waals surface area contributed by atoms with E-state index in [1.807, 2.05) is 24.3 Å². The molecular formula is C50H31NO2. The largest absolute Gasteiger partial charge is 0.455 e. The third kappa shape index (κ3) is 4.75. The Balaban J connectivity index is 1.05. The zero-order valence-corrected chi connectivity index (χ0v) is 28.7. The van der Waals surface area contributed by atoms with E-state index in [4.69, 9.17) is 8.83 Å². The highest BCUT2D eigenvalue weighted by Crippen LogP contribution is 2.42. The van der Waals surface area contributed by atoms with Crippen LogP contribution >= 0.6 is 0 Å². The second-order valence-corrected chi connectivity index (χ2v) is 13.7. The van der Waals surface area contributed by atoms with Gasteiger partial charge >= 0.3 is 0 Å². The molecule has 0 unspecified atom stereocenters. The predicted octanol–water partition coefficient (Wildman–Crippen LogP) is 14.6. The summed E-state index contributed by atoms with van der Waals surface area (Å²) in [5.74, 6) is 0. The van der Waals surface area contributed by atoms with Crippen LogP contribution in [0.1, 0.15) is 0 Å². The molecule has 11 aromatic rings. The Morgan fingerprint density at radius 3 is 1.30 bits per heavy atom. The van der Waals surface area contributed by atoms with Crippen molar-refractivity contribution in [1.82, 2.24) is 0 Å². The maximum atomic E-state index is 6.40. The minimum Gasteiger partial charge on any atom is -0.455 e. The van der Waals surface area contributed by atoms with Crippen LogP contribution in [-0.2, 0) is 0 Å². The topological polar surface area (TPSA) is 29.5 Å². The van der Waals surface area contributed by atoms with Crippen molar-refractivity contribution >= 4 is 82.5 Å². The summed E-state index contributed by atoms with van der Waals surface area (Å²) in [5, 5.41) is 9.46. The summed E-state index contributed by atoms with van der Waals surface area (Å²) in [6.45, 7) is 0. The molecule has 0 N–H and O–H groups in total. The molecule has 0 bridgehead atoms. The third-order valence-electron chi connectivity index (χ3n) is 10.7. The molecule has 2 heterocycles. The van der Waals surface area contributed by atoms with E-state index in [0.717, 1.165) is 83.2 Å². The number of nitrogens with zero attached hydrogens (tertiary/aromatic N) is 1. The number of hydrogen-bond donors (Lipinski definition) is 0. The van der Waals surface area contributed by atoms with Gasteiger partial charge in [-0.3, -0.25) is 0 Å². The molecule has 11 rings (SSSR count). The van der Waals surface area contributed by atoms with Crippen molar-refractivity contribution in [3.8, 4) is 22.3 Å². The smallest absolute Gasteiger partial charge is 0.143 e. The first-order valence-corrected chi connectivity index (χ1v) is 18.0. The average Bonchev–Trinajstić information content (AvgIpc) is 3.80. The molecule has 3 nitrogen and oxygen atoms in total. The second kappa shape index (κ2) is 11.7. The van der Waals surface area contributed by atoms with Crippen molar-refractivity contribution in [1.29, 1.82) is 0 Å². The zero-order chi connectivity index (χ0) is 34.9. The van der Waals surface area contributed by atoms with Crippen LogP contribution in [0.5, 0.6) is 0 Å². The molecule has 2 aromatic heterocycles. The summed E-state index contributed by atoms with van der Waals surface area (Å²) in [6.07, 6.45) is 0. The van der Waals surface area contributed by atoms with Gasteiger partial charge in [0.05, 0.1) is 0 Å². The molecule has 0 saturated carbocycles. The molecule has 0 amide bonds. The molecule has 0 aliphatic heterocycles. The average molecular weight is 678 g/mol. The quantitative estimate of drug-likeness (QED) is 0.170. The van der Waals surface area contributed by atoms with Crippen LogP contribution in [0.4, 0.5) is 17.1 Å². The van der Waals surface area contributed by atoms with Crippen LogP contribution in [0.15, 0.2) is 197 Å². The Hall–Kier alpha value is -7.10. The van der Waals surface area contributed by atoms with Crippen molar-refractivity contribution in [2.24, 2.45) is 0 Å². The van der Waals surface area contributed by atoms with Crippen molar-refractivity contribution in [2.45, 2.75) is 0 Å². The second-order valence-electron chi connectivity index (χ2n) is 13.7. The standard InChI is InChI=1S/C50H31NO2/c1-2-10-39-32(9-1)19-20-35-25-30-38(31-46(35)39)51(36-26-21-33(22-27-36)40-13-7-15-44-42-11-3-5-17-47(42)52-49(40)44)37-28-23-34(24-29-37)41-14-8-16-45-43-12-4-6-18-48(43)53-50(41)45/h1-31H. The van der Waals surface area contributed by atoms with Gasteiger partial charge in [-0.15, -0.1) is 0 Å². The molecule has 0 aliphatic carbocycles. The first-order valence-electron chi connectivity index (χ1n) is 18.0. The van der Waals surface area contributed by atoms with Crippen LogP contribution in [0.3, 0.4) is 0 Å². The first kappa shape index (κ1) is 29.6. The molecule has 3 heteroatoms. The normalized spacial score (nSPS) is 11.8. The monoisotopic (exact) mass is 677 g/mol. The molecule has 0 fully saturated rings. The van der Waals surface area contributed by atoms with E-state index in [9.17, 15) is 0 Å². The Bertz CT molecular complexity index is 3010. The van der Waals surface area contributed by atoms with E-state index in [1.54, 1.807) is 0 Å². The lowest BCUT2D eigenvalue weighted by atomic mass is 9.99. The minimum absolute atomic E-state index is 0.904. The van der Waals surface area contributed by atoms with Crippen molar-refractivity contribution < 1.29 is 8.83 Å². The van der Waals surface area contributed by atoms with Gasteiger partial charge in [0.1, 0.15) is 22.3 Å². The van der Waals surface area contributed by atoms with Crippen molar-refractivity contribution in [2.75, 3.05) is 4.90 Å². The number of benzene rings is 9. The molecule has 53 heavy (non-hydrogen) atoms. The Labute approximate surface area is 305 Å². The molecular weight excluding hydrogens is 647 g/mol. The van der Waals surface area contributed by atoms with Gasteiger partial charge in [0.15, 0.2) is 0 Å². The molecule has 9 aromatic carbocycles. The maximum Gasteiger partial charge on any atom is 0.143 e. The first-order chi connectivity index (χ1) is 26.3. The van der Waals surface area contributed by atoms with Crippen LogP contribution < -0.4 is 4.90 Å². The Morgan fingerprint density at radius 2 is 0.736 bits per heavy atom. The summed E-state index contributed by atoms with van der Waals surface area (Å²) < 4.78 is 12.8. The number of rotatable bonds is 5. The van der Waals surface area contributed by atoms with Gasteiger partial charge in [-0.1, -0.05) is 140 Å². The highest BCUT2D eigenvalue weighted by Gasteiger charge is 2.18. The van der Waals surface area contributed by atoms with Gasteiger partial charge in [-0.05, 0) is 81.2 Å². The summed E-state index contributed by atoms with van der Waals surface area (Å²) >= 11 is 0. The van der Waals surface area contributed by atoms with Gasteiger partial charge in [0.25, 0.3) is 0 Å². The third-order valence-corrected chi connectivity index (χ3v) is 10.7. The minimum atomic E-state index is 0.904. The van der Waals surface area contributed by atoms with Crippen molar-refractivity contribution in [3.63, 3.8) is 0 Å². The van der Waals surface area contributed by atoms with E-state index >= 15 is 0 Å². The van der Waals surface area contributed by atoms with E-state index in [2.05, 4.69) is 169 Å². The molecule has 248 valence electrons. The number of para-hydroxylation sites is 4. The van der Waals surface area contributed by atoms with Crippen LogP contribution in [-0.4, -0.2) is 0 Å². The number of fused-ring (bicyclic) bond motifs is 9. The fourth-order valence-corrected chi connectivity index (χ4v) is 8.11. The molecule has 0 aliphatic rings. The number of anilines is 3. The Kier molecular flexibility index (Phi) is 6.55. The van der Waals surface area contributed by atoms with Gasteiger partial charge in [-0.2, -0.15) is 0 Å². The van der Waals surface area contributed by atoms with Crippen molar-refractivity contribution in [3.05, 3.63) is 188 Å². The van der Waals surface area contributed by atoms with Gasteiger partial charge < -0.3 is 13.7 Å². The van der Waals surface area contributed by atoms with Crippen LogP contribution in [0.25, 0.3) is 87.7 Å². The molecule has 0 spiro atoms. The summed E-state index contributed by atoms with van der Waals surface area (Å²) in [7, 11) is 0. The van der Waals surface area contributed by atoms with E-state index in [1.165, 1.54) is 21.5 Å². The molecule has 0 atom stereocenters. The highest BCUT2D eigenvalue weighted by atomic mass is 16.3. The fraction of sp³-hybridized carbons (Fsp3) is 0. The van der Waals surface area contributed by atoms with E-state index in [0.29, 0.717) is 0 Å². The Morgan fingerprint density at radius 1 is 0.302 bits per heavy atom. The fourth-order valence-electron chi connectivity index (χ4n) is 8.11. The molecule has 0 saturated heterocycles. The lowest BCUT2D eigenvalue weighted by molar-refractivity contribution is 0.669. The van der Waals surface area contributed by atoms with Crippen LogP contribution in [0.2, 0.25) is 0 Å². The predicted molar refractivity (Wildman–Crippen MR) is 222 cm³/mol. The number of furan rings is 2. The number of hydrogen-bond acceptors (Lipinski definition) is 3.